The van der Waals surface area contributed by atoms with Crippen LogP contribution in [0, 0.1) is 0 Å². The van der Waals surface area contributed by atoms with E-state index in [-0.39, 0.29) is 11.3 Å². The number of carbonyl (C=O) groups is 3. The van der Waals surface area contributed by atoms with E-state index < -0.39 is 18.5 Å². The Balaban J connectivity index is 1.91. The third-order valence-electron chi connectivity index (χ3n) is 3.50. The number of hydrogen-bond acceptors (Lipinski definition) is 4. The van der Waals surface area contributed by atoms with Crippen LogP contribution in [0.25, 0.3) is 0 Å². The van der Waals surface area contributed by atoms with Crippen molar-refractivity contribution in [1.82, 2.24) is 10.6 Å². The zero-order valence-corrected chi connectivity index (χ0v) is 15.4. The molecule has 2 aromatic rings. The van der Waals surface area contributed by atoms with Gasteiger partial charge in [0.25, 0.3) is 5.24 Å². The maximum atomic E-state index is 12.1. The second kappa shape index (κ2) is 10.9. The summed E-state index contributed by atoms with van der Waals surface area (Å²) in [6.07, 6.45) is 0.521. The number of carboxylic acids is 1. The molecule has 0 spiro atoms. The Bertz CT molecular complexity index is 756. The Hall–Kier alpha value is -3.00. The minimum atomic E-state index is -1.12. The van der Waals surface area contributed by atoms with Gasteiger partial charge >= 0.3 is 12.0 Å². The largest absolute Gasteiger partial charge is 0.480 e. The van der Waals surface area contributed by atoms with Gasteiger partial charge in [0.1, 0.15) is 6.54 Å². The van der Waals surface area contributed by atoms with Crippen LogP contribution in [0.1, 0.15) is 5.56 Å². The normalized spacial score (nSPS) is 11.3. The molecule has 0 fully saturated rings. The first kappa shape index (κ1) is 20.3. The monoisotopic (exact) mass is 387 g/mol. The third kappa shape index (κ3) is 8.28. The summed E-state index contributed by atoms with van der Waals surface area (Å²) >= 11 is 1.06. The zero-order chi connectivity index (χ0) is 19.5. The van der Waals surface area contributed by atoms with Crippen LogP contribution in [0.4, 0.5) is 15.3 Å². The minimum Gasteiger partial charge on any atom is -0.480 e. The third-order valence-corrected chi connectivity index (χ3v) is 4.43. The lowest BCUT2D eigenvalue weighted by Crippen LogP contribution is -2.46. The average Bonchev–Trinajstić information content (AvgIpc) is 2.66. The van der Waals surface area contributed by atoms with E-state index in [0.29, 0.717) is 17.9 Å². The summed E-state index contributed by atoms with van der Waals surface area (Å²) in [5.41, 5.74) is 1.70. The number of rotatable bonds is 8. The van der Waals surface area contributed by atoms with Crippen LogP contribution in [0.15, 0.2) is 60.7 Å². The van der Waals surface area contributed by atoms with Crippen LogP contribution in [-0.4, -0.2) is 40.7 Å². The van der Waals surface area contributed by atoms with Crippen molar-refractivity contribution in [3.63, 3.8) is 0 Å². The molecule has 4 N–H and O–H groups in total. The van der Waals surface area contributed by atoms with Gasteiger partial charge in [-0.3, -0.25) is 9.59 Å². The number of benzene rings is 2. The minimum absolute atomic E-state index is 0.230. The van der Waals surface area contributed by atoms with Gasteiger partial charge in [0, 0.05) is 17.5 Å². The average molecular weight is 387 g/mol. The Labute approximate surface area is 161 Å². The smallest absolute Gasteiger partial charge is 0.323 e. The summed E-state index contributed by atoms with van der Waals surface area (Å²) in [6, 6.07) is 17.7. The zero-order valence-electron chi connectivity index (χ0n) is 14.6. The second-order valence-electron chi connectivity index (χ2n) is 5.70. The fourth-order valence-corrected chi connectivity index (χ4v) is 3.04. The van der Waals surface area contributed by atoms with Crippen LogP contribution in [0.3, 0.4) is 0 Å². The number of para-hydroxylation sites is 1. The molecule has 0 saturated heterocycles. The van der Waals surface area contributed by atoms with E-state index in [1.807, 2.05) is 48.5 Å². The fourth-order valence-electron chi connectivity index (χ4n) is 2.29. The van der Waals surface area contributed by atoms with Crippen LogP contribution in [0.2, 0.25) is 0 Å². The van der Waals surface area contributed by atoms with Gasteiger partial charge in [-0.05, 0) is 24.1 Å². The summed E-state index contributed by atoms with van der Waals surface area (Å²) in [4.78, 5) is 34.6. The fraction of sp³-hybridized carbons (Fsp3) is 0.211. The molecule has 7 nitrogen and oxygen atoms in total. The van der Waals surface area contributed by atoms with Crippen LogP contribution >= 0.6 is 11.8 Å². The van der Waals surface area contributed by atoms with Crippen molar-refractivity contribution in [2.24, 2.45) is 0 Å². The molecule has 1 unspecified atom stereocenters. The molecule has 0 aliphatic heterocycles. The van der Waals surface area contributed by atoms with Gasteiger partial charge in [-0.15, -0.1) is 0 Å². The van der Waals surface area contributed by atoms with Crippen LogP contribution in [0.5, 0.6) is 0 Å². The molecule has 2 aromatic carbocycles. The Morgan fingerprint density at radius 3 is 2.22 bits per heavy atom. The first-order valence-electron chi connectivity index (χ1n) is 8.32. The molecule has 0 heterocycles. The van der Waals surface area contributed by atoms with E-state index in [9.17, 15) is 14.4 Å². The number of aliphatic carboxylic acids is 1. The van der Waals surface area contributed by atoms with Crippen molar-refractivity contribution in [2.75, 3.05) is 17.6 Å². The summed E-state index contributed by atoms with van der Waals surface area (Å²) in [5.74, 6) is -0.782. The van der Waals surface area contributed by atoms with Crippen molar-refractivity contribution in [1.29, 1.82) is 0 Å². The number of nitrogens with one attached hydrogen (secondary N) is 3. The Morgan fingerprint density at radius 1 is 0.963 bits per heavy atom. The van der Waals surface area contributed by atoms with Gasteiger partial charge in [-0.25, -0.2) is 4.79 Å². The molecule has 0 bridgehead atoms. The van der Waals surface area contributed by atoms with Gasteiger partial charge in [0.2, 0.25) is 0 Å². The number of anilines is 1. The van der Waals surface area contributed by atoms with Crippen molar-refractivity contribution >= 4 is 34.7 Å². The molecule has 0 aromatic heterocycles. The molecule has 27 heavy (non-hydrogen) atoms. The maximum absolute atomic E-state index is 12.1. The van der Waals surface area contributed by atoms with Gasteiger partial charge in [-0.1, -0.05) is 60.3 Å². The summed E-state index contributed by atoms with van der Waals surface area (Å²) < 4.78 is 0. The van der Waals surface area contributed by atoms with E-state index in [2.05, 4.69) is 16.0 Å². The number of amides is 3. The molecule has 0 aliphatic carbocycles. The first-order valence-corrected chi connectivity index (χ1v) is 9.30. The maximum Gasteiger partial charge on any atom is 0.323 e. The predicted octanol–water partition coefficient (Wildman–Crippen LogP) is 2.95. The van der Waals surface area contributed by atoms with Gasteiger partial charge in [0.15, 0.2) is 0 Å². The molecule has 142 valence electrons. The molecule has 2 rings (SSSR count). The highest BCUT2D eigenvalue weighted by molar-refractivity contribution is 8.13. The highest BCUT2D eigenvalue weighted by Gasteiger charge is 2.16. The van der Waals surface area contributed by atoms with Crippen LogP contribution in [-0.2, 0) is 11.2 Å². The number of urea groups is 1. The highest BCUT2D eigenvalue weighted by atomic mass is 32.2. The Morgan fingerprint density at radius 2 is 1.59 bits per heavy atom. The van der Waals surface area contributed by atoms with Crippen LogP contribution < -0.4 is 16.0 Å². The highest BCUT2D eigenvalue weighted by Crippen LogP contribution is 2.14. The first-order chi connectivity index (χ1) is 13.0. The molecule has 0 radical (unpaired) electrons. The molecule has 8 heteroatoms. The summed E-state index contributed by atoms with van der Waals surface area (Å²) in [5, 5.41) is 16.2. The van der Waals surface area contributed by atoms with Gasteiger partial charge < -0.3 is 21.1 Å². The molecule has 0 saturated carbocycles. The van der Waals surface area contributed by atoms with E-state index in [0.717, 1.165) is 17.3 Å². The van der Waals surface area contributed by atoms with Crippen molar-refractivity contribution in [3.05, 3.63) is 66.2 Å². The molecule has 0 aliphatic rings. The number of carbonyl (C=O) groups excluding carboxylic acids is 2. The van der Waals surface area contributed by atoms with Crippen molar-refractivity contribution in [2.45, 2.75) is 12.5 Å². The topological polar surface area (TPSA) is 108 Å². The quantitative estimate of drug-likeness (QED) is 0.557. The molecule has 1 atom stereocenters. The van der Waals surface area contributed by atoms with E-state index in [1.54, 1.807) is 12.1 Å². The van der Waals surface area contributed by atoms with Gasteiger partial charge in [-0.2, -0.15) is 0 Å². The predicted molar refractivity (Wildman–Crippen MR) is 106 cm³/mol. The van der Waals surface area contributed by atoms with E-state index >= 15 is 0 Å². The van der Waals surface area contributed by atoms with E-state index in [1.165, 1.54) is 0 Å². The number of thioether (sulfide) groups is 1. The van der Waals surface area contributed by atoms with Gasteiger partial charge in [0.05, 0.1) is 0 Å². The number of carboxylic acid groups (broad SMARTS) is 1. The SMILES string of the molecule is O=C(O)CNC(=O)NC(CSC(=O)Nc1ccccc1)Cc1ccccc1. The lowest BCUT2D eigenvalue weighted by atomic mass is 10.1. The Kier molecular flexibility index (Phi) is 8.18. The number of hydrogen-bond donors (Lipinski definition) is 4. The standard InChI is InChI=1S/C19H21N3O4S/c23-17(24)12-20-18(25)21-16(11-14-7-3-1-4-8-14)13-27-19(26)22-15-9-5-2-6-10-15/h1-10,16H,11-13H2,(H,22,26)(H,23,24)(H2,20,21,25). The molecular formula is C19H21N3O4S. The van der Waals surface area contributed by atoms with Crippen molar-refractivity contribution in [3.8, 4) is 0 Å². The molecular weight excluding hydrogens is 366 g/mol. The van der Waals surface area contributed by atoms with Crippen molar-refractivity contribution < 1.29 is 19.5 Å². The molecule has 3 amide bonds. The summed E-state index contributed by atoms with van der Waals surface area (Å²) in [7, 11) is 0. The lowest BCUT2D eigenvalue weighted by molar-refractivity contribution is -0.135. The summed E-state index contributed by atoms with van der Waals surface area (Å²) in [6.45, 7) is -0.467. The lowest BCUT2D eigenvalue weighted by Gasteiger charge is -2.18. The van der Waals surface area contributed by atoms with E-state index in [4.69, 9.17) is 5.11 Å². The second-order valence-corrected chi connectivity index (χ2v) is 6.69.